The zero-order valence-corrected chi connectivity index (χ0v) is 8.91. The lowest BCUT2D eigenvalue weighted by atomic mass is 9.86. The molecule has 0 saturated heterocycles. The van der Waals surface area contributed by atoms with Gasteiger partial charge in [-0.15, -0.1) is 0 Å². The lowest BCUT2D eigenvalue weighted by Gasteiger charge is -2.28. The average molecular weight is 222 g/mol. The number of nitrogens with two attached hydrogens (primary N) is 2. The molecule has 0 spiro atoms. The van der Waals surface area contributed by atoms with Gasteiger partial charge >= 0.3 is 0 Å². The van der Waals surface area contributed by atoms with Gasteiger partial charge < -0.3 is 11.5 Å². The van der Waals surface area contributed by atoms with E-state index in [1.165, 1.54) is 0 Å². The third kappa shape index (κ3) is 2.03. The van der Waals surface area contributed by atoms with E-state index in [0.717, 1.165) is 5.56 Å². The lowest BCUT2D eigenvalue weighted by molar-refractivity contribution is 0.577. The second-order valence-electron chi connectivity index (χ2n) is 3.66. The second-order valence-corrected chi connectivity index (χ2v) is 4.10. The second kappa shape index (κ2) is 3.68. The standard InChI is InChI=1S/C11H12ClN3/c12-9-3-1-8(2-4-9)11(14)5-6-15-10(13)7-11/h1-6H,7,14H2,(H2,13,15). The minimum atomic E-state index is -0.559. The minimum Gasteiger partial charge on any atom is -0.387 e. The van der Waals surface area contributed by atoms with Crippen LogP contribution in [0.5, 0.6) is 0 Å². The molecule has 1 aromatic carbocycles. The first-order chi connectivity index (χ1) is 7.10. The molecule has 4 heteroatoms. The Morgan fingerprint density at radius 3 is 2.53 bits per heavy atom. The Labute approximate surface area is 93.4 Å². The molecule has 0 bridgehead atoms. The van der Waals surface area contributed by atoms with Gasteiger partial charge in [-0.1, -0.05) is 23.7 Å². The summed E-state index contributed by atoms with van der Waals surface area (Å²) >= 11 is 5.82. The van der Waals surface area contributed by atoms with Gasteiger partial charge in [-0.05, 0) is 23.8 Å². The summed E-state index contributed by atoms with van der Waals surface area (Å²) in [6.07, 6.45) is 4.03. The van der Waals surface area contributed by atoms with Crippen molar-refractivity contribution in [2.75, 3.05) is 0 Å². The normalized spacial score (nSPS) is 25.1. The van der Waals surface area contributed by atoms with Crippen LogP contribution in [0.25, 0.3) is 0 Å². The van der Waals surface area contributed by atoms with E-state index in [2.05, 4.69) is 4.99 Å². The zero-order chi connectivity index (χ0) is 10.9. The van der Waals surface area contributed by atoms with Gasteiger partial charge in [0.2, 0.25) is 0 Å². The molecule has 78 valence electrons. The highest BCUT2D eigenvalue weighted by atomic mass is 35.5. The first kappa shape index (κ1) is 10.2. The van der Waals surface area contributed by atoms with Gasteiger partial charge in [-0.3, -0.25) is 0 Å². The summed E-state index contributed by atoms with van der Waals surface area (Å²) in [6, 6.07) is 7.46. The van der Waals surface area contributed by atoms with Crippen LogP contribution in [-0.4, -0.2) is 5.84 Å². The fraction of sp³-hybridized carbons (Fsp3) is 0.182. The van der Waals surface area contributed by atoms with Gasteiger partial charge in [-0.2, -0.15) is 0 Å². The molecule has 0 saturated carbocycles. The van der Waals surface area contributed by atoms with E-state index < -0.39 is 5.54 Å². The molecule has 1 atom stereocenters. The Bertz CT molecular complexity index is 422. The maximum Gasteiger partial charge on any atom is 0.101 e. The van der Waals surface area contributed by atoms with Crippen LogP contribution in [-0.2, 0) is 5.54 Å². The van der Waals surface area contributed by atoms with Gasteiger partial charge in [-0.25, -0.2) is 4.99 Å². The molecule has 0 amide bonds. The quantitative estimate of drug-likeness (QED) is 0.759. The Kier molecular flexibility index (Phi) is 2.50. The molecule has 0 aliphatic carbocycles. The highest BCUT2D eigenvalue weighted by Crippen LogP contribution is 2.27. The molecular formula is C11H12ClN3. The molecule has 0 aromatic heterocycles. The van der Waals surface area contributed by atoms with Crippen LogP contribution in [0.4, 0.5) is 0 Å². The number of benzene rings is 1. The number of amidine groups is 1. The summed E-state index contributed by atoms with van der Waals surface area (Å²) in [6.45, 7) is 0. The van der Waals surface area contributed by atoms with Crippen LogP contribution in [0, 0.1) is 0 Å². The number of nitrogens with zero attached hydrogens (tertiary/aromatic N) is 1. The van der Waals surface area contributed by atoms with Crippen LogP contribution >= 0.6 is 11.6 Å². The van der Waals surface area contributed by atoms with Gasteiger partial charge in [0, 0.05) is 17.6 Å². The molecular weight excluding hydrogens is 210 g/mol. The molecule has 0 fully saturated rings. The van der Waals surface area contributed by atoms with E-state index in [9.17, 15) is 0 Å². The molecule has 3 nitrogen and oxygen atoms in total. The van der Waals surface area contributed by atoms with Crippen LogP contribution < -0.4 is 11.5 Å². The fourth-order valence-corrected chi connectivity index (χ4v) is 1.75. The maximum absolute atomic E-state index is 6.23. The van der Waals surface area contributed by atoms with Crippen LogP contribution in [0.1, 0.15) is 12.0 Å². The number of hydrogen-bond acceptors (Lipinski definition) is 3. The first-order valence-electron chi connectivity index (χ1n) is 4.65. The van der Waals surface area contributed by atoms with E-state index in [-0.39, 0.29) is 0 Å². The van der Waals surface area contributed by atoms with Crippen molar-refractivity contribution in [2.45, 2.75) is 12.0 Å². The van der Waals surface area contributed by atoms with Crippen molar-refractivity contribution in [2.24, 2.45) is 16.5 Å². The molecule has 1 aromatic rings. The summed E-state index contributed by atoms with van der Waals surface area (Å²) < 4.78 is 0. The lowest BCUT2D eigenvalue weighted by Crippen LogP contribution is -2.40. The number of halogens is 1. The van der Waals surface area contributed by atoms with Gasteiger partial charge in [0.1, 0.15) is 5.84 Å². The SMILES string of the molecule is NC1=NC=CC(N)(c2ccc(Cl)cc2)C1. The molecule has 1 aliphatic rings. The summed E-state index contributed by atoms with van der Waals surface area (Å²) in [4.78, 5) is 3.98. The van der Waals surface area contributed by atoms with Crippen LogP contribution in [0.2, 0.25) is 5.02 Å². The number of rotatable bonds is 1. The average Bonchev–Trinajstić information content (AvgIpc) is 2.18. The highest BCUT2D eigenvalue weighted by Gasteiger charge is 2.27. The third-order valence-electron chi connectivity index (χ3n) is 2.47. The minimum absolute atomic E-state index is 0.533. The van der Waals surface area contributed by atoms with Gasteiger partial charge in [0.15, 0.2) is 0 Å². The van der Waals surface area contributed by atoms with E-state index in [1.54, 1.807) is 6.20 Å². The summed E-state index contributed by atoms with van der Waals surface area (Å²) in [5.41, 5.74) is 12.3. The molecule has 0 radical (unpaired) electrons. The summed E-state index contributed by atoms with van der Waals surface area (Å²) in [5, 5.41) is 0.698. The summed E-state index contributed by atoms with van der Waals surface area (Å²) in [5.74, 6) is 0.551. The molecule has 4 N–H and O–H groups in total. The Morgan fingerprint density at radius 1 is 1.27 bits per heavy atom. The maximum atomic E-state index is 6.23. The predicted octanol–water partition coefficient (Wildman–Crippen LogP) is 1.77. The molecule has 15 heavy (non-hydrogen) atoms. The smallest absolute Gasteiger partial charge is 0.101 e. The van der Waals surface area contributed by atoms with Crippen LogP contribution in [0.15, 0.2) is 41.5 Å². The van der Waals surface area contributed by atoms with Crippen LogP contribution in [0.3, 0.4) is 0 Å². The predicted molar refractivity (Wildman–Crippen MR) is 62.7 cm³/mol. The van der Waals surface area contributed by atoms with E-state index in [4.69, 9.17) is 23.1 Å². The van der Waals surface area contributed by atoms with Gasteiger partial charge in [0.05, 0.1) is 5.54 Å². The molecule has 1 aliphatic heterocycles. The number of hydrogen-bond donors (Lipinski definition) is 2. The fourth-order valence-electron chi connectivity index (χ4n) is 1.63. The third-order valence-corrected chi connectivity index (χ3v) is 2.72. The van der Waals surface area contributed by atoms with E-state index >= 15 is 0 Å². The monoisotopic (exact) mass is 221 g/mol. The van der Waals surface area contributed by atoms with Crippen molar-refractivity contribution >= 4 is 17.4 Å². The van der Waals surface area contributed by atoms with Gasteiger partial charge in [0.25, 0.3) is 0 Å². The van der Waals surface area contributed by atoms with Crippen molar-refractivity contribution in [3.63, 3.8) is 0 Å². The molecule has 2 rings (SSSR count). The topological polar surface area (TPSA) is 64.4 Å². The number of aliphatic imine (C=N–C) groups is 1. The van der Waals surface area contributed by atoms with Crippen molar-refractivity contribution in [1.82, 2.24) is 0 Å². The Hall–Kier alpha value is -1.32. The highest BCUT2D eigenvalue weighted by molar-refractivity contribution is 6.30. The van der Waals surface area contributed by atoms with E-state index in [0.29, 0.717) is 17.3 Å². The summed E-state index contributed by atoms with van der Waals surface area (Å²) in [7, 11) is 0. The van der Waals surface area contributed by atoms with Crippen molar-refractivity contribution in [3.05, 3.63) is 47.1 Å². The zero-order valence-electron chi connectivity index (χ0n) is 8.15. The van der Waals surface area contributed by atoms with Crippen molar-refractivity contribution < 1.29 is 0 Å². The molecule has 1 unspecified atom stereocenters. The Balaban J connectivity index is 2.35. The van der Waals surface area contributed by atoms with Crippen molar-refractivity contribution in [3.8, 4) is 0 Å². The largest absolute Gasteiger partial charge is 0.387 e. The Morgan fingerprint density at radius 2 is 1.93 bits per heavy atom. The van der Waals surface area contributed by atoms with E-state index in [1.807, 2.05) is 30.3 Å². The van der Waals surface area contributed by atoms with Crippen molar-refractivity contribution in [1.29, 1.82) is 0 Å². The molecule has 1 heterocycles. The first-order valence-corrected chi connectivity index (χ1v) is 5.03.